The van der Waals surface area contributed by atoms with Crippen LogP contribution in [0.2, 0.25) is 10.0 Å². The molecule has 0 unspecified atom stereocenters. The maximum atomic E-state index is 13.5. The average molecular weight is 660 g/mol. The number of alkyl halides is 3. The molecule has 3 amide bonds. The molecule has 2 aromatic carbocycles. The SMILES string of the molecule is COc1ccc(-c2cc(C(=O)N[C@H](C(=O)O)C3CCCCC3)c(NC(=O)Nc3c(Cl)cc(OC(F)(F)F)cc3Cl)s2)cc1. The van der Waals surface area contributed by atoms with Gasteiger partial charge in [0.05, 0.1) is 28.4 Å². The van der Waals surface area contributed by atoms with Crippen LogP contribution in [0.1, 0.15) is 42.5 Å². The predicted molar refractivity (Wildman–Crippen MR) is 158 cm³/mol. The minimum Gasteiger partial charge on any atom is -0.497 e. The second-order valence-corrected chi connectivity index (χ2v) is 11.5. The fourth-order valence-electron chi connectivity index (χ4n) is 4.73. The van der Waals surface area contributed by atoms with Gasteiger partial charge in [0, 0.05) is 17.0 Å². The molecule has 0 saturated heterocycles. The summed E-state index contributed by atoms with van der Waals surface area (Å²) < 4.78 is 46.8. The van der Waals surface area contributed by atoms with E-state index in [9.17, 15) is 32.7 Å². The topological polar surface area (TPSA) is 126 Å². The first-order valence-electron chi connectivity index (χ1n) is 13.0. The molecule has 4 N–H and O–H groups in total. The standard InChI is InChI=1S/C28H26Cl2F3N3O6S/c1-41-16-9-7-14(8-10-16)21-13-18(24(37)34-22(26(38)39)15-5-3-2-4-6-15)25(43-21)36-27(40)35-23-19(29)11-17(12-20(23)30)42-28(31,32)33/h7-13,15,22H,2-6H2,1H3,(H,34,37)(H,38,39)(H2,35,36,40)/t22-/m0/s1. The van der Waals surface area contributed by atoms with Crippen LogP contribution in [0.25, 0.3) is 10.4 Å². The van der Waals surface area contributed by atoms with Crippen molar-refractivity contribution in [3.63, 3.8) is 0 Å². The van der Waals surface area contributed by atoms with Crippen molar-refractivity contribution in [2.24, 2.45) is 5.92 Å². The molecule has 1 aliphatic carbocycles. The van der Waals surface area contributed by atoms with Crippen LogP contribution in [0.4, 0.5) is 28.7 Å². The summed E-state index contributed by atoms with van der Waals surface area (Å²) in [6.07, 6.45) is -0.910. The lowest BCUT2D eigenvalue weighted by atomic mass is 9.84. The largest absolute Gasteiger partial charge is 0.573 e. The van der Waals surface area contributed by atoms with Crippen molar-refractivity contribution in [2.45, 2.75) is 44.5 Å². The third kappa shape index (κ3) is 8.46. The molecule has 1 fully saturated rings. The normalized spacial score (nSPS) is 14.5. The molecule has 1 aromatic heterocycles. The van der Waals surface area contributed by atoms with Crippen molar-refractivity contribution in [3.05, 3.63) is 58.1 Å². The predicted octanol–water partition coefficient (Wildman–Crippen LogP) is 8.04. The summed E-state index contributed by atoms with van der Waals surface area (Å²) in [4.78, 5) is 39.1. The van der Waals surface area contributed by atoms with Gasteiger partial charge in [0.1, 0.15) is 22.5 Å². The molecule has 1 saturated carbocycles. The Morgan fingerprint density at radius 1 is 0.977 bits per heavy atom. The number of methoxy groups -OCH3 is 1. The van der Waals surface area contributed by atoms with Gasteiger partial charge >= 0.3 is 18.4 Å². The molecule has 0 aliphatic heterocycles. The van der Waals surface area contributed by atoms with E-state index in [4.69, 9.17) is 27.9 Å². The fraction of sp³-hybridized carbons (Fsp3) is 0.321. The number of carbonyl (C=O) groups is 3. The van der Waals surface area contributed by atoms with Crippen LogP contribution in [0.5, 0.6) is 11.5 Å². The molecule has 9 nitrogen and oxygen atoms in total. The molecular formula is C28H26Cl2F3N3O6S. The van der Waals surface area contributed by atoms with Gasteiger partial charge in [0.15, 0.2) is 0 Å². The van der Waals surface area contributed by atoms with Crippen LogP contribution in [-0.2, 0) is 4.79 Å². The highest BCUT2D eigenvalue weighted by Crippen LogP contribution is 2.39. The van der Waals surface area contributed by atoms with Gasteiger partial charge in [-0.2, -0.15) is 0 Å². The summed E-state index contributed by atoms with van der Waals surface area (Å²) in [7, 11) is 1.52. The first-order valence-corrected chi connectivity index (χ1v) is 14.6. The summed E-state index contributed by atoms with van der Waals surface area (Å²) in [5, 5.41) is 16.8. The number of hydrogen-bond donors (Lipinski definition) is 4. The second kappa shape index (κ2) is 13.7. The van der Waals surface area contributed by atoms with E-state index in [1.165, 1.54) is 13.2 Å². The van der Waals surface area contributed by atoms with Gasteiger partial charge in [-0.1, -0.05) is 42.5 Å². The zero-order chi connectivity index (χ0) is 31.3. The number of benzene rings is 2. The van der Waals surface area contributed by atoms with Gasteiger partial charge in [-0.15, -0.1) is 24.5 Å². The summed E-state index contributed by atoms with van der Waals surface area (Å²) in [5.41, 5.74) is 0.511. The molecule has 43 heavy (non-hydrogen) atoms. The molecule has 1 aliphatic rings. The summed E-state index contributed by atoms with van der Waals surface area (Å²) in [5.74, 6) is -2.16. The minimum atomic E-state index is -4.98. The van der Waals surface area contributed by atoms with E-state index in [0.29, 0.717) is 29.0 Å². The zero-order valence-corrected chi connectivity index (χ0v) is 24.8. The van der Waals surface area contributed by atoms with Crippen molar-refractivity contribution in [1.82, 2.24) is 5.32 Å². The highest BCUT2D eigenvalue weighted by atomic mass is 35.5. The maximum Gasteiger partial charge on any atom is 0.573 e. The molecule has 1 atom stereocenters. The number of rotatable bonds is 9. The first kappa shape index (κ1) is 32.2. The lowest BCUT2D eigenvalue weighted by Crippen LogP contribution is -2.46. The van der Waals surface area contributed by atoms with Crippen molar-refractivity contribution in [2.75, 3.05) is 17.7 Å². The number of urea groups is 1. The number of carboxylic acid groups (broad SMARTS) is 1. The van der Waals surface area contributed by atoms with E-state index in [1.807, 2.05) is 0 Å². The number of aliphatic carboxylic acids is 1. The van der Waals surface area contributed by atoms with Gasteiger partial charge in [0.2, 0.25) is 0 Å². The number of carbonyl (C=O) groups excluding carboxylic acids is 2. The van der Waals surface area contributed by atoms with Crippen LogP contribution in [0.15, 0.2) is 42.5 Å². The zero-order valence-electron chi connectivity index (χ0n) is 22.5. The van der Waals surface area contributed by atoms with Crippen molar-refractivity contribution < 1.29 is 42.1 Å². The summed E-state index contributed by atoms with van der Waals surface area (Å²) in [6, 6.07) is 8.11. The Kier molecular flexibility index (Phi) is 10.3. The van der Waals surface area contributed by atoms with Crippen LogP contribution < -0.4 is 25.4 Å². The van der Waals surface area contributed by atoms with E-state index in [-0.39, 0.29) is 32.2 Å². The molecule has 230 valence electrons. The monoisotopic (exact) mass is 659 g/mol. The van der Waals surface area contributed by atoms with Crippen LogP contribution in [-0.4, -0.2) is 42.5 Å². The number of anilines is 2. The van der Waals surface area contributed by atoms with Gasteiger partial charge in [-0.05, 0) is 54.7 Å². The molecule has 3 aromatic rings. The number of halogens is 5. The Morgan fingerprint density at radius 2 is 1.60 bits per heavy atom. The Balaban J connectivity index is 1.61. The number of ether oxygens (including phenoxy) is 2. The number of hydrogen-bond acceptors (Lipinski definition) is 6. The van der Waals surface area contributed by atoms with Crippen molar-refractivity contribution >= 4 is 63.1 Å². The Hall–Kier alpha value is -3.68. The number of nitrogens with one attached hydrogen (secondary N) is 3. The number of amides is 3. The van der Waals surface area contributed by atoms with E-state index in [2.05, 4.69) is 20.7 Å². The first-order chi connectivity index (χ1) is 20.3. The Morgan fingerprint density at radius 3 is 2.16 bits per heavy atom. The van der Waals surface area contributed by atoms with Gasteiger partial charge in [-0.3, -0.25) is 10.1 Å². The average Bonchev–Trinajstić information content (AvgIpc) is 3.36. The third-order valence-electron chi connectivity index (χ3n) is 6.74. The molecule has 0 spiro atoms. The number of carboxylic acids is 1. The van der Waals surface area contributed by atoms with Crippen molar-refractivity contribution in [1.29, 1.82) is 0 Å². The summed E-state index contributed by atoms with van der Waals surface area (Å²) in [6.45, 7) is 0. The van der Waals surface area contributed by atoms with Crippen LogP contribution in [0.3, 0.4) is 0 Å². The quantitative estimate of drug-likeness (QED) is 0.184. The highest BCUT2D eigenvalue weighted by molar-refractivity contribution is 7.20. The van der Waals surface area contributed by atoms with Crippen molar-refractivity contribution in [3.8, 4) is 21.9 Å². The van der Waals surface area contributed by atoms with E-state index >= 15 is 0 Å². The minimum absolute atomic E-state index is 0.0131. The molecule has 0 bridgehead atoms. The summed E-state index contributed by atoms with van der Waals surface area (Å²) >= 11 is 13.2. The molecule has 4 rings (SSSR count). The second-order valence-electron chi connectivity index (χ2n) is 9.66. The smallest absolute Gasteiger partial charge is 0.497 e. The van der Waals surface area contributed by atoms with Gasteiger partial charge in [0.25, 0.3) is 5.91 Å². The van der Waals surface area contributed by atoms with E-state index in [0.717, 1.165) is 42.7 Å². The van der Waals surface area contributed by atoms with Gasteiger partial charge in [-0.25, -0.2) is 9.59 Å². The van der Waals surface area contributed by atoms with Crippen LogP contribution in [0, 0.1) is 5.92 Å². The molecule has 15 heteroatoms. The molecular weight excluding hydrogens is 634 g/mol. The van der Waals surface area contributed by atoms with Crippen LogP contribution >= 0.6 is 34.5 Å². The highest BCUT2D eigenvalue weighted by Gasteiger charge is 2.33. The molecule has 1 heterocycles. The van der Waals surface area contributed by atoms with E-state index in [1.54, 1.807) is 24.3 Å². The fourth-order valence-corrected chi connectivity index (χ4v) is 6.35. The maximum absolute atomic E-state index is 13.5. The Labute approximate surface area is 258 Å². The third-order valence-corrected chi connectivity index (χ3v) is 8.44. The lowest BCUT2D eigenvalue weighted by molar-refractivity contribution is -0.274. The molecule has 0 radical (unpaired) electrons. The lowest BCUT2D eigenvalue weighted by Gasteiger charge is -2.28. The van der Waals surface area contributed by atoms with E-state index < -0.39 is 36.1 Å². The van der Waals surface area contributed by atoms with Gasteiger partial charge < -0.3 is 25.2 Å². The number of thiophene rings is 1. The Bertz CT molecular complexity index is 1470.